The van der Waals surface area contributed by atoms with Gasteiger partial charge in [-0.2, -0.15) is 0 Å². The van der Waals surface area contributed by atoms with Crippen LogP contribution in [-0.4, -0.2) is 44.7 Å². The maximum atomic E-state index is 12.9. The Hall–Kier alpha value is -3.75. The number of para-hydroxylation sites is 1. The van der Waals surface area contributed by atoms with E-state index in [1.165, 1.54) is 6.92 Å². The summed E-state index contributed by atoms with van der Waals surface area (Å²) in [5.74, 6) is 1.54. The third-order valence-corrected chi connectivity index (χ3v) is 6.80. The number of anilines is 3. The molecule has 184 valence electrons. The monoisotopic (exact) mass is 504 g/mol. The molecule has 1 saturated heterocycles. The highest BCUT2D eigenvalue weighted by molar-refractivity contribution is 6.44. The van der Waals surface area contributed by atoms with Crippen LogP contribution in [0.2, 0.25) is 5.02 Å². The maximum Gasteiger partial charge on any atom is 0.231 e. The van der Waals surface area contributed by atoms with Gasteiger partial charge in [-0.05, 0) is 42.5 Å². The lowest BCUT2D eigenvalue weighted by Gasteiger charge is -2.33. The van der Waals surface area contributed by atoms with E-state index >= 15 is 0 Å². The molecule has 3 heterocycles. The van der Waals surface area contributed by atoms with Crippen LogP contribution in [0, 0.1) is 0 Å². The van der Waals surface area contributed by atoms with E-state index in [-0.39, 0.29) is 12.6 Å². The quantitative estimate of drug-likeness (QED) is 0.493. The van der Waals surface area contributed by atoms with E-state index in [1.807, 2.05) is 76.6 Å². The van der Waals surface area contributed by atoms with Crippen LogP contribution in [0.15, 0.2) is 71.8 Å². The third-order valence-electron chi connectivity index (χ3n) is 6.50. The number of benzene rings is 3. The van der Waals surface area contributed by atoms with Crippen LogP contribution in [0.25, 0.3) is 0 Å². The van der Waals surface area contributed by atoms with Gasteiger partial charge in [0, 0.05) is 31.3 Å². The molecular weight excluding hydrogens is 480 g/mol. The average molecular weight is 505 g/mol. The predicted molar refractivity (Wildman–Crippen MR) is 139 cm³/mol. The fraction of sp³-hybridized carbons (Fsp3) is 0.259. The van der Waals surface area contributed by atoms with Crippen molar-refractivity contribution in [3.63, 3.8) is 0 Å². The van der Waals surface area contributed by atoms with Crippen molar-refractivity contribution in [3.05, 3.63) is 77.3 Å². The smallest absolute Gasteiger partial charge is 0.231 e. The van der Waals surface area contributed by atoms with Crippen LogP contribution >= 0.6 is 11.6 Å². The van der Waals surface area contributed by atoms with Crippen LogP contribution in [0.1, 0.15) is 18.7 Å². The molecule has 1 fully saturated rings. The van der Waals surface area contributed by atoms with Gasteiger partial charge in [0.05, 0.1) is 29.6 Å². The molecule has 3 aromatic carbocycles. The standard InChI is InChI=1S/C27H25ClN4O4/c1-18(33)26-29-32(20-5-3-2-4-6-20)27(19-7-10-24-25(15-19)36-17-35-24)31(26)21-8-9-23(22(28)16-21)30-11-13-34-14-12-30/h2-10,15-16,27H,11-14,17H2,1H3/t27-/m0/s1. The number of morpholine rings is 1. The van der Waals surface area contributed by atoms with Crippen LogP contribution in [0.4, 0.5) is 17.1 Å². The second kappa shape index (κ2) is 9.37. The maximum absolute atomic E-state index is 12.9. The molecule has 6 rings (SSSR count). The lowest BCUT2D eigenvalue weighted by Crippen LogP contribution is -2.38. The zero-order valence-electron chi connectivity index (χ0n) is 19.8. The van der Waals surface area contributed by atoms with Gasteiger partial charge in [0.25, 0.3) is 0 Å². The van der Waals surface area contributed by atoms with E-state index in [4.69, 9.17) is 30.9 Å². The Labute approximate surface area is 214 Å². The Morgan fingerprint density at radius 2 is 1.72 bits per heavy atom. The van der Waals surface area contributed by atoms with E-state index in [0.29, 0.717) is 35.6 Å². The molecule has 1 atom stereocenters. The molecule has 0 amide bonds. The van der Waals surface area contributed by atoms with E-state index < -0.39 is 6.17 Å². The summed E-state index contributed by atoms with van der Waals surface area (Å²) in [6.07, 6.45) is -0.439. The number of rotatable bonds is 5. The van der Waals surface area contributed by atoms with Crippen molar-refractivity contribution in [3.8, 4) is 11.5 Å². The Kier molecular flexibility index (Phi) is 5.91. The van der Waals surface area contributed by atoms with Gasteiger partial charge < -0.3 is 19.1 Å². The summed E-state index contributed by atoms with van der Waals surface area (Å²) in [6.45, 7) is 4.62. The first-order valence-electron chi connectivity index (χ1n) is 11.8. The number of halogens is 1. The van der Waals surface area contributed by atoms with E-state index in [9.17, 15) is 4.79 Å². The summed E-state index contributed by atoms with van der Waals surface area (Å²) in [6, 6.07) is 21.5. The van der Waals surface area contributed by atoms with E-state index in [2.05, 4.69) is 4.90 Å². The van der Waals surface area contributed by atoms with Crippen LogP contribution in [0.3, 0.4) is 0 Å². The van der Waals surface area contributed by atoms with Gasteiger partial charge in [-0.15, -0.1) is 5.10 Å². The highest BCUT2D eigenvalue weighted by atomic mass is 35.5. The predicted octanol–water partition coefficient (Wildman–Crippen LogP) is 4.83. The number of Topliss-reactive ketones (excluding diaryl/α,β-unsaturated/α-hetero) is 1. The number of ether oxygens (including phenoxy) is 3. The van der Waals surface area contributed by atoms with Gasteiger partial charge in [0.2, 0.25) is 6.79 Å². The van der Waals surface area contributed by atoms with Crippen molar-refractivity contribution in [2.75, 3.05) is 47.9 Å². The third kappa shape index (κ3) is 4.02. The minimum Gasteiger partial charge on any atom is -0.454 e. The first-order chi connectivity index (χ1) is 17.6. The molecular formula is C27H25ClN4O4. The number of fused-ring (bicyclic) bond motifs is 1. The summed E-state index contributed by atoms with van der Waals surface area (Å²) < 4.78 is 16.7. The lowest BCUT2D eigenvalue weighted by molar-refractivity contribution is -0.111. The zero-order valence-corrected chi connectivity index (χ0v) is 20.5. The van der Waals surface area contributed by atoms with E-state index in [1.54, 1.807) is 0 Å². The summed E-state index contributed by atoms with van der Waals surface area (Å²) in [4.78, 5) is 17.0. The Balaban J connectivity index is 1.46. The van der Waals surface area contributed by atoms with Gasteiger partial charge in [0.1, 0.15) is 0 Å². The minimum atomic E-state index is -0.439. The molecule has 36 heavy (non-hydrogen) atoms. The number of nitrogens with zero attached hydrogens (tertiary/aromatic N) is 4. The largest absolute Gasteiger partial charge is 0.454 e. The number of hydrogen-bond donors (Lipinski definition) is 0. The topological polar surface area (TPSA) is 66.8 Å². The zero-order chi connectivity index (χ0) is 24.6. The van der Waals surface area contributed by atoms with Crippen LogP contribution in [-0.2, 0) is 9.53 Å². The van der Waals surface area contributed by atoms with Crippen LogP contribution in [0.5, 0.6) is 11.5 Å². The molecule has 3 aliphatic heterocycles. The average Bonchev–Trinajstić information content (AvgIpc) is 3.54. The molecule has 0 N–H and O–H groups in total. The second-order valence-corrected chi connectivity index (χ2v) is 9.16. The molecule has 0 spiro atoms. The van der Waals surface area contributed by atoms with Gasteiger partial charge in [-0.3, -0.25) is 9.69 Å². The van der Waals surface area contributed by atoms with Crippen molar-refractivity contribution < 1.29 is 19.0 Å². The summed E-state index contributed by atoms with van der Waals surface area (Å²) in [7, 11) is 0. The summed E-state index contributed by atoms with van der Waals surface area (Å²) >= 11 is 6.81. The molecule has 3 aliphatic rings. The van der Waals surface area contributed by atoms with Crippen molar-refractivity contribution in [2.24, 2.45) is 5.10 Å². The fourth-order valence-electron chi connectivity index (χ4n) is 4.78. The number of carbonyl (C=O) groups is 1. The molecule has 9 heteroatoms. The van der Waals surface area contributed by atoms with Gasteiger partial charge in [-0.25, -0.2) is 5.01 Å². The van der Waals surface area contributed by atoms with Crippen molar-refractivity contribution in [2.45, 2.75) is 13.1 Å². The molecule has 8 nitrogen and oxygen atoms in total. The lowest BCUT2D eigenvalue weighted by atomic mass is 10.1. The molecule has 0 bridgehead atoms. The van der Waals surface area contributed by atoms with Crippen molar-refractivity contribution in [1.82, 2.24) is 0 Å². The second-order valence-electron chi connectivity index (χ2n) is 8.75. The van der Waals surface area contributed by atoms with Crippen molar-refractivity contribution >= 4 is 40.3 Å². The number of amidine groups is 1. The first kappa shape index (κ1) is 22.7. The Bertz CT molecular complexity index is 1330. The normalized spacial score (nSPS) is 19.0. The Morgan fingerprint density at radius 3 is 2.47 bits per heavy atom. The molecule has 0 radical (unpaired) electrons. The Morgan fingerprint density at radius 1 is 0.944 bits per heavy atom. The number of ketones is 1. The van der Waals surface area contributed by atoms with Crippen molar-refractivity contribution in [1.29, 1.82) is 0 Å². The van der Waals surface area contributed by atoms with Gasteiger partial charge in [-0.1, -0.05) is 35.9 Å². The number of carbonyl (C=O) groups excluding carboxylic acids is 1. The molecule has 0 aromatic heterocycles. The summed E-state index contributed by atoms with van der Waals surface area (Å²) in [5.41, 5.74) is 3.48. The SMILES string of the molecule is CC(=O)C1=NN(c2ccccc2)[C@@H](c2ccc3c(c2)OCO3)N1c1ccc(N2CCOCC2)c(Cl)c1. The molecule has 0 unspecified atom stereocenters. The van der Waals surface area contributed by atoms with E-state index in [0.717, 1.165) is 35.7 Å². The van der Waals surface area contributed by atoms with Gasteiger partial charge >= 0.3 is 0 Å². The molecule has 0 saturated carbocycles. The van der Waals surface area contributed by atoms with Crippen LogP contribution < -0.4 is 24.3 Å². The van der Waals surface area contributed by atoms with Gasteiger partial charge in [0.15, 0.2) is 29.3 Å². The molecule has 0 aliphatic carbocycles. The summed E-state index contributed by atoms with van der Waals surface area (Å²) in [5, 5.41) is 7.26. The number of hydrogen-bond acceptors (Lipinski definition) is 8. The first-order valence-corrected chi connectivity index (χ1v) is 12.2. The minimum absolute atomic E-state index is 0.146. The highest BCUT2D eigenvalue weighted by Gasteiger charge is 2.40. The highest BCUT2D eigenvalue weighted by Crippen LogP contribution is 2.43. The fourth-order valence-corrected chi connectivity index (χ4v) is 5.08. The molecule has 3 aromatic rings. The number of hydrazone groups is 1.